The number of piperidine rings is 1. The normalized spacial score (nSPS) is 15.2. The zero-order chi connectivity index (χ0) is 21.6. The summed E-state index contributed by atoms with van der Waals surface area (Å²) in [5.74, 6) is 0.544. The lowest BCUT2D eigenvalue weighted by Gasteiger charge is -2.31. The highest BCUT2D eigenvalue weighted by atomic mass is 32.1. The summed E-state index contributed by atoms with van der Waals surface area (Å²) in [5, 5.41) is 9.25. The molecule has 1 aliphatic rings. The Balaban J connectivity index is 1.24. The summed E-state index contributed by atoms with van der Waals surface area (Å²) in [7, 11) is 0. The number of para-hydroxylation sites is 1. The van der Waals surface area contributed by atoms with Crippen molar-refractivity contribution in [2.24, 2.45) is 0 Å². The number of anilines is 1. The van der Waals surface area contributed by atoms with Crippen molar-refractivity contribution in [1.29, 1.82) is 0 Å². The predicted molar refractivity (Wildman–Crippen MR) is 129 cm³/mol. The maximum Gasteiger partial charge on any atom is 0.319 e. The van der Waals surface area contributed by atoms with E-state index in [2.05, 4.69) is 59.0 Å². The van der Waals surface area contributed by atoms with Gasteiger partial charge in [-0.15, -0.1) is 11.3 Å². The van der Waals surface area contributed by atoms with Gasteiger partial charge < -0.3 is 10.6 Å². The number of nitrogens with one attached hydrogen (secondary N) is 2. The lowest BCUT2D eigenvalue weighted by atomic mass is 10.0. The third kappa shape index (κ3) is 5.93. The fourth-order valence-electron chi connectivity index (χ4n) is 3.86. The van der Waals surface area contributed by atoms with Gasteiger partial charge in [-0.1, -0.05) is 56.3 Å². The minimum Gasteiger partial charge on any atom is -0.335 e. The van der Waals surface area contributed by atoms with Crippen LogP contribution in [-0.2, 0) is 6.54 Å². The molecule has 2 amide bonds. The number of aromatic nitrogens is 1. The Kier molecular flexibility index (Phi) is 6.99. The zero-order valence-corrected chi connectivity index (χ0v) is 19.0. The number of carbonyl (C=O) groups excluding carboxylic acids is 1. The van der Waals surface area contributed by atoms with E-state index >= 15 is 0 Å². The van der Waals surface area contributed by atoms with Crippen LogP contribution in [0.2, 0.25) is 0 Å². The number of nitrogens with zero attached hydrogens (tertiary/aromatic N) is 2. The van der Waals surface area contributed by atoms with Gasteiger partial charge in [0, 0.05) is 42.3 Å². The van der Waals surface area contributed by atoms with Crippen LogP contribution in [0.4, 0.5) is 10.5 Å². The van der Waals surface area contributed by atoms with Gasteiger partial charge in [0.2, 0.25) is 0 Å². The molecule has 2 N–H and O–H groups in total. The fraction of sp³-hybridized carbons (Fsp3) is 0.360. The first-order chi connectivity index (χ1) is 15.1. The monoisotopic (exact) mass is 434 g/mol. The summed E-state index contributed by atoms with van der Waals surface area (Å²) in [6, 6.07) is 18.4. The van der Waals surface area contributed by atoms with E-state index in [1.807, 2.05) is 30.3 Å². The molecule has 162 valence electrons. The van der Waals surface area contributed by atoms with Crippen molar-refractivity contribution in [3.63, 3.8) is 0 Å². The Labute approximate surface area is 188 Å². The molecule has 0 saturated carbocycles. The highest BCUT2D eigenvalue weighted by molar-refractivity contribution is 7.13. The van der Waals surface area contributed by atoms with E-state index in [4.69, 9.17) is 4.98 Å². The average Bonchev–Trinajstić information content (AvgIpc) is 3.24. The predicted octanol–water partition coefficient (Wildman–Crippen LogP) is 5.72. The van der Waals surface area contributed by atoms with Crippen LogP contribution in [0.1, 0.15) is 43.9 Å². The van der Waals surface area contributed by atoms with Crippen molar-refractivity contribution in [1.82, 2.24) is 15.2 Å². The van der Waals surface area contributed by atoms with Crippen LogP contribution >= 0.6 is 11.3 Å². The minimum absolute atomic E-state index is 0.128. The summed E-state index contributed by atoms with van der Waals surface area (Å²) < 4.78 is 0. The molecular formula is C25H30N4OS. The maximum absolute atomic E-state index is 12.2. The second kappa shape index (κ2) is 10.1. The summed E-state index contributed by atoms with van der Waals surface area (Å²) in [6.07, 6.45) is 1.91. The molecule has 1 saturated heterocycles. The lowest BCUT2D eigenvalue weighted by Crippen LogP contribution is -2.45. The largest absolute Gasteiger partial charge is 0.335 e. The van der Waals surface area contributed by atoms with Crippen molar-refractivity contribution in [2.75, 3.05) is 18.4 Å². The molecule has 6 heteroatoms. The number of thiazole rings is 1. The lowest BCUT2D eigenvalue weighted by molar-refractivity contribution is 0.188. The zero-order valence-electron chi connectivity index (χ0n) is 18.2. The molecule has 4 rings (SSSR count). The first-order valence-corrected chi connectivity index (χ1v) is 11.8. The van der Waals surface area contributed by atoms with E-state index in [9.17, 15) is 4.79 Å². The molecule has 1 aliphatic heterocycles. The highest BCUT2D eigenvalue weighted by Gasteiger charge is 2.21. The number of amides is 2. The van der Waals surface area contributed by atoms with E-state index in [0.29, 0.717) is 5.92 Å². The van der Waals surface area contributed by atoms with Crippen LogP contribution in [-0.4, -0.2) is 35.0 Å². The summed E-state index contributed by atoms with van der Waals surface area (Å²) >= 11 is 1.71. The van der Waals surface area contributed by atoms with Crippen LogP contribution in [0.25, 0.3) is 10.6 Å². The van der Waals surface area contributed by atoms with Crippen molar-refractivity contribution < 1.29 is 4.79 Å². The molecule has 1 aromatic heterocycles. The topological polar surface area (TPSA) is 57.3 Å². The Morgan fingerprint density at radius 3 is 2.48 bits per heavy atom. The number of likely N-dealkylation sites (tertiary alicyclic amines) is 1. The van der Waals surface area contributed by atoms with E-state index in [1.165, 1.54) is 11.1 Å². The second-order valence-electron chi connectivity index (χ2n) is 8.44. The first kappa shape index (κ1) is 21.5. The second-order valence-corrected chi connectivity index (χ2v) is 9.29. The molecule has 2 aromatic carbocycles. The summed E-state index contributed by atoms with van der Waals surface area (Å²) in [5.41, 5.74) is 4.49. The van der Waals surface area contributed by atoms with Gasteiger partial charge in [-0.2, -0.15) is 0 Å². The van der Waals surface area contributed by atoms with Gasteiger partial charge >= 0.3 is 6.03 Å². The number of urea groups is 1. The van der Waals surface area contributed by atoms with Crippen LogP contribution in [0.5, 0.6) is 0 Å². The number of carbonyl (C=O) groups is 1. The molecule has 0 spiro atoms. The van der Waals surface area contributed by atoms with Crippen LogP contribution in [0.15, 0.2) is 60.0 Å². The van der Waals surface area contributed by atoms with Crippen LogP contribution in [0, 0.1) is 0 Å². The van der Waals surface area contributed by atoms with Gasteiger partial charge in [-0.3, -0.25) is 4.90 Å². The summed E-state index contributed by atoms with van der Waals surface area (Å²) in [6.45, 7) is 7.22. The van der Waals surface area contributed by atoms with Crippen molar-refractivity contribution >= 4 is 23.1 Å². The van der Waals surface area contributed by atoms with Gasteiger partial charge in [-0.05, 0) is 36.5 Å². The van der Waals surface area contributed by atoms with Crippen LogP contribution < -0.4 is 10.6 Å². The first-order valence-electron chi connectivity index (χ1n) is 11.0. The Bertz CT molecular complexity index is 976. The van der Waals surface area contributed by atoms with Crippen molar-refractivity contribution in [3.8, 4) is 10.6 Å². The van der Waals surface area contributed by atoms with Gasteiger partial charge in [0.05, 0.1) is 5.69 Å². The fourth-order valence-corrected chi connectivity index (χ4v) is 4.68. The molecule has 0 radical (unpaired) electrons. The van der Waals surface area contributed by atoms with E-state index in [1.54, 1.807) is 11.3 Å². The maximum atomic E-state index is 12.2. The van der Waals surface area contributed by atoms with Crippen molar-refractivity contribution in [2.45, 2.75) is 45.2 Å². The van der Waals surface area contributed by atoms with Gasteiger partial charge in [0.15, 0.2) is 0 Å². The van der Waals surface area contributed by atoms with Gasteiger partial charge in [0.1, 0.15) is 5.01 Å². The molecule has 5 nitrogen and oxygen atoms in total. The molecule has 0 atom stereocenters. The molecule has 0 unspecified atom stereocenters. The number of benzene rings is 2. The number of hydrogen-bond acceptors (Lipinski definition) is 4. The van der Waals surface area contributed by atoms with E-state index in [-0.39, 0.29) is 12.1 Å². The Morgan fingerprint density at radius 1 is 1.10 bits per heavy atom. The number of rotatable bonds is 6. The molecule has 2 heterocycles. The molecule has 1 fully saturated rings. The van der Waals surface area contributed by atoms with E-state index < -0.39 is 0 Å². The quantitative estimate of drug-likeness (QED) is 0.522. The third-order valence-electron chi connectivity index (χ3n) is 5.72. The minimum atomic E-state index is -0.128. The Morgan fingerprint density at radius 2 is 1.81 bits per heavy atom. The molecular weight excluding hydrogens is 404 g/mol. The van der Waals surface area contributed by atoms with Crippen molar-refractivity contribution in [3.05, 3.63) is 71.2 Å². The van der Waals surface area contributed by atoms with Gasteiger partial charge in [0.25, 0.3) is 0 Å². The smallest absolute Gasteiger partial charge is 0.319 e. The molecule has 0 aliphatic carbocycles. The third-order valence-corrected chi connectivity index (χ3v) is 6.66. The summed E-state index contributed by atoms with van der Waals surface area (Å²) in [4.78, 5) is 19.5. The standard InChI is InChI=1S/C25H30N4OS/c1-18(2)19-8-10-20(11-9-19)24-26-23(17-31-24)16-29-14-12-22(13-15-29)28-25(30)27-21-6-4-3-5-7-21/h3-11,17-18,22H,12-16H2,1-2H3,(H2,27,28,30). The molecule has 0 bridgehead atoms. The van der Waals surface area contributed by atoms with E-state index in [0.717, 1.165) is 48.9 Å². The highest BCUT2D eigenvalue weighted by Crippen LogP contribution is 2.26. The number of hydrogen-bond donors (Lipinski definition) is 2. The molecule has 31 heavy (non-hydrogen) atoms. The van der Waals surface area contributed by atoms with Gasteiger partial charge in [-0.25, -0.2) is 9.78 Å². The molecule has 3 aromatic rings. The average molecular weight is 435 g/mol. The van der Waals surface area contributed by atoms with Crippen LogP contribution in [0.3, 0.4) is 0 Å². The Hall–Kier alpha value is -2.70. The SMILES string of the molecule is CC(C)c1ccc(-c2nc(CN3CCC(NC(=O)Nc4ccccc4)CC3)cs2)cc1.